The molecule has 0 aliphatic carbocycles. The molecule has 3 N–H and O–H groups in total. The van der Waals surface area contributed by atoms with Gasteiger partial charge < -0.3 is 11.1 Å². The second-order valence-corrected chi connectivity index (χ2v) is 3.96. The van der Waals surface area contributed by atoms with Crippen molar-refractivity contribution in [2.24, 2.45) is 0 Å². The number of carbonyl (C=O) groups is 1. The first-order valence-electron chi connectivity index (χ1n) is 5.81. The van der Waals surface area contributed by atoms with Crippen molar-refractivity contribution in [3.8, 4) is 6.07 Å². The summed E-state index contributed by atoms with van der Waals surface area (Å²) in [5.41, 5.74) is 8.19. The zero-order valence-corrected chi connectivity index (χ0v) is 10.6. The Balaban J connectivity index is 2.28. The van der Waals surface area contributed by atoms with E-state index in [0.29, 0.717) is 22.5 Å². The Labute approximate surface area is 111 Å². The molecule has 4 nitrogen and oxygen atoms in total. The van der Waals surface area contributed by atoms with Crippen LogP contribution in [0.15, 0.2) is 48.5 Å². The lowest BCUT2D eigenvalue weighted by Gasteiger charge is -2.06. The third-order valence-corrected chi connectivity index (χ3v) is 2.56. The number of rotatable bonds is 2. The SMILES string of the molecule is C[N+]#Cc1cc(N)ccc1NC(=O)c1ccccc1. The van der Waals surface area contributed by atoms with Crippen LogP contribution in [0.3, 0.4) is 0 Å². The van der Waals surface area contributed by atoms with Crippen molar-refractivity contribution in [2.75, 3.05) is 18.1 Å². The average Bonchev–Trinajstić information content (AvgIpc) is 2.43. The summed E-state index contributed by atoms with van der Waals surface area (Å²) in [5.74, 6) is -0.176. The molecule has 0 aliphatic heterocycles. The summed E-state index contributed by atoms with van der Waals surface area (Å²) in [6, 6.07) is 17.0. The van der Waals surface area contributed by atoms with Gasteiger partial charge in [-0.2, -0.15) is 0 Å². The van der Waals surface area contributed by atoms with E-state index in [1.807, 2.05) is 18.2 Å². The van der Waals surface area contributed by atoms with E-state index in [1.165, 1.54) is 0 Å². The van der Waals surface area contributed by atoms with Crippen LogP contribution in [-0.4, -0.2) is 13.0 Å². The van der Waals surface area contributed by atoms with Crippen molar-refractivity contribution >= 4 is 17.3 Å². The number of nitrogens with zero attached hydrogens (tertiary/aromatic N) is 1. The van der Waals surface area contributed by atoms with Gasteiger partial charge in [-0.1, -0.05) is 23.0 Å². The number of amides is 1. The monoisotopic (exact) mass is 252 g/mol. The fraction of sp³-hybridized carbons (Fsp3) is 0.0667. The van der Waals surface area contributed by atoms with E-state index in [4.69, 9.17) is 5.73 Å². The highest BCUT2D eigenvalue weighted by atomic mass is 16.1. The Bertz CT molecular complexity index is 654. The maximum Gasteiger partial charge on any atom is 0.312 e. The van der Waals surface area contributed by atoms with Gasteiger partial charge in [-0.05, 0) is 30.3 Å². The van der Waals surface area contributed by atoms with Gasteiger partial charge in [-0.25, -0.2) is 0 Å². The highest BCUT2D eigenvalue weighted by molar-refractivity contribution is 6.05. The molecule has 0 radical (unpaired) electrons. The molecule has 2 aromatic rings. The minimum absolute atomic E-state index is 0.176. The number of hydrogen-bond donors (Lipinski definition) is 2. The lowest BCUT2D eigenvalue weighted by molar-refractivity contribution is 0.102. The molecule has 2 aromatic carbocycles. The topological polar surface area (TPSA) is 59.5 Å². The van der Waals surface area contributed by atoms with Gasteiger partial charge in [0.2, 0.25) is 0 Å². The summed E-state index contributed by atoms with van der Waals surface area (Å²) < 4.78 is 0. The van der Waals surface area contributed by atoms with Crippen LogP contribution in [0.5, 0.6) is 0 Å². The summed E-state index contributed by atoms with van der Waals surface area (Å²) in [4.78, 5) is 15.9. The fourth-order valence-corrected chi connectivity index (χ4v) is 1.67. The van der Waals surface area contributed by atoms with Crippen molar-refractivity contribution in [1.82, 2.24) is 0 Å². The van der Waals surface area contributed by atoms with Crippen LogP contribution in [-0.2, 0) is 0 Å². The third-order valence-electron chi connectivity index (χ3n) is 2.56. The van der Waals surface area contributed by atoms with Crippen molar-refractivity contribution in [2.45, 2.75) is 0 Å². The van der Waals surface area contributed by atoms with E-state index in [0.717, 1.165) is 0 Å². The predicted octanol–water partition coefficient (Wildman–Crippen LogP) is 2.83. The zero-order valence-electron chi connectivity index (χ0n) is 10.6. The first-order valence-corrected chi connectivity index (χ1v) is 5.81. The smallest absolute Gasteiger partial charge is 0.312 e. The minimum Gasteiger partial charge on any atom is -0.399 e. The molecule has 4 heteroatoms. The fourth-order valence-electron chi connectivity index (χ4n) is 1.67. The average molecular weight is 252 g/mol. The number of nitrogens with one attached hydrogen (secondary N) is 1. The molecule has 2 rings (SSSR count). The number of nitrogen functional groups attached to an aromatic ring is 1. The highest BCUT2D eigenvalue weighted by Crippen LogP contribution is 2.19. The molecule has 0 bridgehead atoms. The Kier molecular flexibility index (Phi) is 3.79. The molecule has 0 unspecified atom stereocenters. The van der Waals surface area contributed by atoms with Crippen LogP contribution in [0.4, 0.5) is 11.4 Å². The Hall–Kier alpha value is -2.80. The van der Waals surface area contributed by atoms with Crippen LogP contribution in [0, 0.1) is 6.07 Å². The quantitative estimate of drug-likeness (QED) is 0.807. The van der Waals surface area contributed by atoms with Gasteiger partial charge in [0.25, 0.3) is 13.0 Å². The van der Waals surface area contributed by atoms with E-state index >= 15 is 0 Å². The van der Waals surface area contributed by atoms with E-state index < -0.39 is 0 Å². The maximum atomic E-state index is 12.1. The van der Waals surface area contributed by atoms with Gasteiger partial charge in [0, 0.05) is 11.3 Å². The molecule has 0 aromatic heterocycles. The summed E-state index contributed by atoms with van der Waals surface area (Å²) >= 11 is 0. The zero-order chi connectivity index (χ0) is 13.7. The Morgan fingerprint density at radius 3 is 2.63 bits per heavy atom. The van der Waals surface area contributed by atoms with Crippen molar-refractivity contribution < 1.29 is 4.79 Å². The normalized spacial score (nSPS) is 9.32. The predicted molar refractivity (Wildman–Crippen MR) is 77.5 cm³/mol. The van der Waals surface area contributed by atoms with Crippen LogP contribution in [0.25, 0.3) is 4.85 Å². The summed E-state index contributed by atoms with van der Waals surface area (Å²) in [6.45, 7) is 0. The van der Waals surface area contributed by atoms with E-state index in [1.54, 1.807) is 37.4 Å². The van der Waals surface area contributed by atoms with E-state index in [2.05, 4.69) is 16.2 Å². The molecule has 0 saturated carbocycles. The third kappa shape index (κ3) is 3.11. The number of anilines is 2. The molecule has 0 fully saturated rings. The molecule has 1 amide bonds. The van der Waals surface area contributed by atoms with Gasteiger partial charge in [0.15, 0.2) is 0 Å². The van der Waals surface area contributed by atoms with Gasteiger partial charge in [-0.3, -0.25) is 4.79 Å². The molecule has 0 aliphatic rings. The number of hydrogen-bond acceptors (Lipinski definition) is 2. The minimum atomic E-state index is -0.176. The van der Waals surface area contributed by atoms with E-state index in [9.17, 15) is 4.79 Å². The lowest BCUT2D eigenvalue weighted by atomic mass is 10.1. The second kappa shape index (κ2) is 5.69. The van der Waals surface area contributed by atoms with Crippen molar-refractivity contribution in [3.05, 3.63) is 64.5 Å². The second-order valence-electron chi connectivity index (χ2n) is 3.96. The van der Waals surface area contributed by atoms with Crippen LogP contribution in [0.1, 0.15) is 15.9 Å². The van der Waals surface area contributed by atoms with Gasteiger partial charge in [0.1, 0.15) is 5.56 Å². The first-order chi connectivity index (χ1) is 9.20. The first kappa shape index (κ1) is 12.7. The maximum absolute atomic E-state index is 12.1. The van der Waals surface area contributed by atoms with Crippen LogP contribution >= 0.6 is 0 Å². The molecular formula is C15H14N3O+. The number of carbonyl (C=O) groups excluding carboxylic acids is 1. The van der Waals surface area contributed by atoms with Crippen LogP contribution in [0.2, 0.25) is 0 Å². The van der Waals surface area contributed by atoms with Gasteiger partial charge in [-0.15, -0.1) is 0 Å². The lowest BCUT2D eigenvalue weighted by Crippen LogP contribution is -2.12. The molecular weight excluding hydrogens is 238 g/mol. The largest absolute Gasteiger partial charge is 0.399 e. The van der Waals surface area contributed by atoms with Crippen molar-refractivity contribution in [3.63, 3.8) is 0 Å². The summed E-state index contributed by atoms with van der Waals surface area (Å²) in [6.07, 6.45) is 0. The van der Waals surface area contributed by atoms with E-state index in [-0.39, 0.29) is 5.91 Å². The van der Waals surface area contributed by atoms with Crippen LogP contribution < -0.4 is 11.1 Å². The number of benzene rings is 2. The summed E-state index contributed by atoms with van der Waals surface area (Å²) in [7, 11) is 1.62. The molecule has 19 heavy (non-hydrogen) atoms. The molecule has 0 spiro atoms. The Morgan fingerprint density at radius 1 is 1.21 bits per heavy atom. The molecule has 0 saturated heterocycles. The van der Waals surface area contributed by atoms with Crippen molar-refractivity contribution in [1.29, 1.82) is 0 Å². The molecule has 0 atom stereocenters. The summed E-state index contributed by atoms with van der Waals surface area (Å²) in [5, 5.41) is 2.82. The van der Waals surface area contributed by atoms with Gasteiger partial charge in [0.05, 0.1) is 5.69 Å². The number of nitrogens with two attached hydrogens (primary N) is 1. The van der Waals surface area contributed by atoms with Gasteiger partial charge >= 0.3 is 6.07 Å². The highest BCUT2D eigenvalue weighted by Gasteiger charge is 2.10. The Morgan fingerprint density at radius 2 is 1.95 bits per heavy atom. The standard InChI is InChI=1S/C15H13N3O/c1-17-10-12-9-13(16)7-8-14(12)18-15(19)11-5-3-2-4-6-11/h2-9H,16H2,1H3/p+1. The molecule has 94 valence electrons. The molecule has 0 heterocycles.